The number of anilines is 1. The van der Waals surface area contributed by atoms with Crippen LogP contribution in [-0.2, 0) is 16.8 Å². The third kappa shape index (κ3) is 4.16. The summed E-state index contributed by atoms with van der Waals surface area (Å²) in [6, 6.07) is 9.79. The number of carbonyl (C=O) groups excluding carboxylic acids is 1. The summed E-state index contributed by atoms with van der Waals surface area (Å²) in [6.45, 7) is 3.68. The van der Waals surface area contributed by atoms with Gasteiger partial charge in [-0.1, -0.05) is 0 Å². The number of nitrogens with zero attached hydrogens (tertiary/aromatic N) is 7. The Morgan fingerprint density at radius 2 is 1.91 bits per heavy atom. The number of methoxy groups -OCH3 is 1. The number of aryl methyl sites for hydroxylation is 1. The summed E-state index contributed by atoms with van der Waals surface area (Å²) in [5, 5.41) is 0.923. The van der Waals surface area contributed by atoms with Crippen molar-refractivity contribution in [3.63, 3.8) is 0 Å². The summed E-state index contributed by atoms with van der Waals surface area (Å²) in [4.78, 5) is 25.8. The van der Waals surface area contributed by atoms with Gasteiger partial charge in [0.2, 0.25) is 0 Å². The van der Waals surface area contributed by atoms with Crippen molar-refractivity contribution in [2.24, 2.45) is 11.7 Å². The van der Waals surface area contributed by atoms with Crippen LogP contribution >= 0.6 is 0 Å². The van der Waals surface area contributed by atoms with E-state index in [1.54, 1.807) is 26.3 Å². The molecule has 0 radical (unpaired) electrons. The summed E-state index contributed by atoms with van der Waals surface area (Å²) in [7, 11) is -0.402. The molecule has 3 saturated heterocycles. The molecular weight excluding hydrogens is 580 g/mol. The molecule has 232 valence electrons. The number of imidazole rings is 1. The first kappa shape index (κ1) is 27.8. The molecule has 0 aromatic carbocycles. The predicted octanol–water partition coefficient (Wildman–Crippen LogP) is 3.17. The van der Waals surface area contributed by atoms with E-state index >= 15 is 0 Å². The normalized spacial score (nSPS) is 25.0. The van der Waals surface area contributed by atoms with Gasteiger partial charge in [0, 0.05) is 61.8 Å². The largest absolute Gasteiger partial charge is 0.482 e. The lowest BCUT2D eigenvalue weighted by atomic mass is 9.97. The number of amides is 1. The molecule has 4 aliphatic rings. The molecule has 4 aromatic rings. The van der Waals surface area contributed by atoms with Crippen LogP contribution in [-0.4, -0.2) is 87.8 Å². The molecule has 7 heterocycles. The van der Waals surface area contributed by atoms with Crippen molar-refractivity contribution in [1.29, 1.82) is 0 Å². The minimum absolute atomic E-state index is 0.0219. The van der Waals surface area contributed by atoms with Gasteiger partial charge in [-0.2, -0.15) is 12.7 Å². The van der Waals surface area contributed by atoms with E-state index in [1.807, 2.05) is 28.4 Å². The van der Waals surface area contributed by atoms with Crippen molar-refractivity contribution in [2.75, 3.05) is 31.6 Å². The molecular formula is C31H38N8O4S. The van der Waals surface area contributed by atoms with Gasteiger partial charge in [-0.15, -0.1) is 0 Å². The number of fused-ring (bicyclic) bond motifs is 4. The average molecular weight is 619 g/mol. The van der Waals surface area contributed by atoms with Crippen molar-refractivity contribution in [3.05, 3.63) is 41.6 Å². The van der Waals surface area contributed by atoms with Crippen LogP contribution < -0.4 is 14.8 Å². The van der Waals surface area contributed by atoms with Gasteiger partial charge in [-0.05, 0) is 75.6 Å². The molecule has 8 rings (SSSR count). The van der Waals surface area contributed by atoms with Crippen molar-refractivity contribution < 1.29 is 17.9 Å². The zero-order valence-electron chi connectivity index (χ0n) is 25.3. The van der Waals surface area contributed by atoms with Crippen LogP contribution in [0.5, 0.6) is 5.88 Å². The number of ether oxygens (including phenoxy) is 1. The van der Waals surface area contributed by atoms with Crippen LogP contribution in [0.25, 0.3) is 28.1 Å². The molecule has 1 aliphatic carbocycles. The van der Waals surface area contributed by atoms with E-state index in [1.165, 1.54) is 8.61 Å². The van der Waals surface area contributed by atoms with E-state index in [0.29, 0.717) is 41.9 Å². The first-order chi connectivity index (χ1) is 21.2. The molecule has 0 unspecified atom stereocenters. The van der Waals surface area contributed by atoms with Gasteiger partial charge in [0.15, 0.2) is 5.88 Å². The van der Waals surface area contributed by atoms with Crippen LogP contribution in [0.4, 0.5) is 5.82 Å². The number of hydrogen-bond acceptors (Lipinski definition) is 7. The van der Waals surface area contributed by atoms with Crippen LogP contribution in [0.1, 0.15) is 54.6 Å². The Kier molecular flexibility index (Phi) is 6.27. The third-order valence-electron chi connectivity index (χ3n) is 10.1. The Balaban J connectivity index is 1.24. The zero-order valence-corrected chi connectivity index (χ0v) is 26.1. The molecule has 13 heteroatoms. The van der Waals surface area contributed by atoms with E-state index < -0.39 is 10.2 Å². The second-order valence-corrected chi connectivity index (χ2v) is 14.8. The number of pyridine rings is 2. The van der Waals surface area contributed by atoms with E-state index in [9.17, 15) is 13.2 Å². The Bertz CT molecular complexity index is 1930. The van der Waals surface area contributed by atoms with Crippen LogP contribution in [0, 0.1) is 12.8 Å². The average Bonchev–Trinajstić information content (AvgIpc) is 3.32. The summed E-state index contributed by atoms with van der Waals surface area (Å²) in [5.74, 6) is 1.49. The topological polar surface area (TPSA) is 131 Å². The molecule has 4 aromatic heterocycles. The molecule has 2 N–H and O–H groups in total. The van der Waals surface area contributed by atoms with E-state index in [4.69, 9.17) is 20.4 Å². The lowest BCUT2D eigenvalue weighted by Gasteiger charge is -2.33. The highest BCUT2D eigenvalue weighted by Gasteiger charge is 2.47. The number of aromatic nitrogens is 4. The summed E-state index contributed by atoms with van der Waals surface area (Å²) >= 11 is 0. The standard InChI is InChI=1S/C31H38N8O4S/c1-18-29(33-27-14-21(15-28(43-3)38(18)27)31(40)39-22-8-9-24(39)23(32)16-22)25-13-20-7-10-26(34-30(20)36(25)17-19-5-6-19)37-12-4-11-35(2)44(37,41)42/h7,10,13-15,19,22-24H,4-6,8-9,11-12,16-17,32H2,1-3H3/t22-,23+,24+/m0/s1. The second kappa shape index (κ2) is 9.91. The van der Waals surface area contributed by atoms with E-state index in [-0.39, 0.29) is 24.0 Å². The molecule has 2 bridgehead atoms. The van der Waals surface area contributed by atoms with Crippen molar-refractivity contribution >= 4 is 38.6 Å². The first-order valence-electron chi connectivity index (χ1n) is 15.6. The molecule has 44 heavy (non-hydrogen) atoms. The maximum atomic E-state index is 13.8. The van der Waals surface area contributed by atoms with Crippen LogP contribution in [0.15, 0.2) is 30.3 Å². The predicted molar refractivity (Wildman–Crippen MR) is 167 cm³/mol. The summed E-state index contributed by atoms with van der Waals surface area (Å²) in [5.41, 5.74) is 10.8. The number of carbonyl (C=O) groups is 1. The van der Waals surface area contributed by atoms with Gasteiger partial charge in [-0.3, -0.25) is 9.20 Å². The summed E-state index contributed by atoms with van der Waals surface area (Å²) in [6.07, 6.45) is 5.83. The zero-order chi connectivity index (χ0) is 30.5. The van der Waals surface area contributed by atoms with Crippen LogP contribution in [0.2, 0.25) is 0 Å². The van der Waals surface area contributed by atoms with E-state index in [2.05, 4.69) is 10.6 Å². The number of nitrogens with two attached hydrogens (primary N) is 1. The highest BCUT2D eigenvalue weighted by atomic mass is 32.2. The maximum absolute atomic E-state index is 13.8. The quantitative estimate of drug-likeness (QED) is 0.351. The van der Waals surface area contributed by atoms with Gasteiger partial charge in [-0.25, -0.2) is 14.3 Å². The molecule has 4 fully saturated rings. The maximum Gasteiger partial charge on any atom is 0.305 e. The van der Waals surface area contributed by atoms with Gasteiger partial charge in [0.25, 0.3) is 5.91 Å². The van der Waals surface area contributed by atoms with Crippen molar-refractivity contribution in [2.45, 2.75) is 70.1 Å². The lowest BCUT2D eigenvalue weighted by Crippen LogP contribution is -2.48. The summed E-state index contributed by atoms with van der Waals surface area (Å²) < 4.78 is 39.0. The number of hydrogen-bond donors (Lipinski definition) is 1. The van der Waals surface area contributed by atoms with Gasteiger partial charge < -0.3 is 19.9 Å². The Hall–Kier alpha value is -3.68. The van der Waals surface area contributed by atoms with Gasteiger partial charge >= 0.3 is 10.2 Å². The third-order valence-corrected chi connectivity index (χ3v) is 12.0. The minimum atomic E-state index is -3.62. The molecule has 3 aliphatic heterocycles. The molecule has 1 saturated carbocycles. The smallest absolute Gasteiger partial charge is 0.305 e. The fourth-order valence-corrected chi connectivity index (χ4v) is 8.95. The van der Waals surface area contributed by atoms with E-state index in [0.717, 1.165) is 73.2 Å². The molecule has 1 amide bonds. The fourth-order valence-electron chi connectivity index (χ4n) is 7.56. The van der Waals surface area contributed by atoms with Crippen molar-refractivity contribution in [1.82, 2.24) is 28.1 Å². The highest BCUT2D eigenvalue weighted by molar-refractivity contribution is 7.90. The monoisotopic (exact) mass is 618 g/mol. The fraction of sp³-hybridized carbons (Fsp3) is 0.516. The lowest BCUT2D eigenvalue weighted by molar-refractivity contribution is 0.0726. The Labute approximate surface area is 256 Å². The van der Waals surface area contributed by atoms with Gasteiger partial charge in [0.05, 0.1) is 18.5 Å². The Morgan fingerprint density at radius 3 is 2.61 bits per heavy atom. The Morgan fingerprint density at radius 1 is 1.09 bits per heavy atom. The van der Waals surface area contributed by atoms with Crippen molar-refractivity contribution in [3.8, 4) is 17.3 Å². The van der Waals surface area contributed by atoms with Gasteiger partial charge in [0.1, 0.15) is 22.8 Å². The molecule has 0 spiro atoms. The second-order valence-electron chi connectivity index (χ2n) is 12.9. The number of rotatable bonds is 6. The first-order valence-corrected chi connectivity index (χ1v) is 17.0. The molecule has 12 nitrogen and oxygen atoms in total. The van der Waals surface area contributed by atoms with Crippen LogP contribution in [0.3, 0.4) is 0 Å². The SMILES string of the molecule is COc1cc(C(=O)N2[C@H]3CC[C@@H]2[C@H](N)C3)cc2nc(-c3cc4ccc(N5CCCN(C)S5(=O)=O)nc4n3CC3CC3)c(C)n12. The minimum Gasteiger partial charge on any atom is -0.482 e. The highest BCUT2D eigenvalue weighted by Crippen LogP contribution is 2.40. The molecule has 3 atom stereocenters.